The minimum absolute atomic E-state index is 0.134. The first-order chi connectivity index (χ1) is 14.8. The number of nitrogens with zero attached hydrogens (tertiary/aromatic N) is 1. The standard InChI is InChI=1S/C23H13NO6/c25-23-21(24-22(30-23)18-6-3-9-26-18)15-11-19(29-16-5-2-1-4-14(15)16)13-7-8-17-20(10-13)28-12-27-17/h1-11H,12H2/b21-15-. The SMILES string of the molecule is O=C1OC(c2ccco2)=N/C1=C1/C=C(c2ccc3c(c2)OCO3)Oc2ccccc21. The van der Waals surface area contributed by atoms with Gasteiger partial charge in [-0.05, 0) is 42.5 Å². The first-order valence-electron chi connectivity index (χ1n) is 9.24. The average Bonchev–Trinajstić information content (AvgIpc) is 3.53. The molecular formula is C23H13NO6. The van der Waals surface area contributed by atoms with Gasteiger partial charge in [-0.2, -0.15) is 0 Å². The molecule has 0 fully saturated rings. The number of carbonyl (C=O) groups is 1. The molecule has 0 amide bonds. The van der Waals surface area contributed by atoms with E-state index in [0.717, 1.165) is 11.1 Å². The van der Waals surface area contributed by atoms with Gasteiger partial charge in [0.25, 0.3) is 5.90 Å². The predicted octanol–water partition coefficient (Wildman–Crippen LogP) is 4.16. The van der Waals surface area contributed by atoms with Crippen LogP contribution >= 0.6 is 0 Å². The van der Waals surface area contributed by atoms with Crippen molar-refractivity contribution >= 4 is 23.2 Å². The van der Waals surface area contributed by atoms with Crippen molar-refractivity contribution in [3.8, 4) is 17.2 Å². The lowest BCUT2D eigenvalue weighted by Gasteiger charge is -2.20. The molecule has 3 aromatic rings. The van der Waals surface area contributed by atoms with Crippen molar-refractivity contribution in [1.29, 1.82) is 0 Å². The molecule has 6 rings (SSSR count). The lowest BCUT2D eigenvalue weighted by molar-refractivity contribution is -0.130. The molecule has 0 saturated carbocycles. The minimum Gasteiger partial charge on any atom is -0.459 e. The number of para-hydroxylation sites is 1. The predicted molar refractivity (Wildman–Crippen MR) is 106 cm³/mol. The van der Waals surface area contributed by atoms with Gasteiger partial charge in [0.2, 0.25) is 6.79 Å². The number of rotatable bonds is 2. The summed E-state index contributed by atoms with van der Waals surface area (Å²) in [6.07, 6.45) is 3.28. The summed E-state index contributed by atoms with van der Waals surface area (Å²) < 4.78 is 27.6. The smallest absolute Gasteiger partial charge is 0.364 e. The molecule has 0 radical (unpaired) electrons. The van der Waals surface area contributed by atoms with Crippen LogP contribution in [0.3, 0.4) is 0 Å². The molecular weight excluding hydrogens is 386 g/mol. The zero-order valence-corrected chi connectivity index (χ0v) is 15.5. The lowest BCUT2D eigenvalue weighted by atomic mass is 9.97. The summed E-state index contributed by atoms with van der Waals surface area (Å²) in [6.45, 7) is 0.187. The second-order valence-electron chi connectivity index (χ2n) is 6.72. The Morgan fingerprint density at radius 1 is 0.867 bits per heavy atom. The van der Waals surface area contributed by atoms with Crippen LogP contribution in [0.25, 0.3) is 11.3 Å². The van der Waals surface area contributed by atoms with Gasteiger partial charge in [0.1, 0.15) is 11.5 Å². The molecule has 7 nitrogen and oxygen atoms in total. The van der Waals surface area contributed by atoms with Crippen LogP contribution in [-0.2, 0) is 9.53 Å². The highest BCUT2D eigenvalue weighted by Gasteiger charge is 2.31. The van der Waals surface area contributed by atoms with Crippen LogP contribution in [0.15, 0.2) is 82.0 Å². The molecule has 0 atom stereocenters. The zero-order valence-electron chi connectivity index (χ0n) is 15.5. The van der Waals surface area contributed by atoms with Gasteiger partial charge in [0.05, 0.1) is 6.26 Å². The first kappa shape index (κ1) is 16.7. The molecule has 3 aliphatic rings. The monoisotopic (exact) mass is 399 g/mol. The van der Waals surface area contributed by atoms with Crippen molar-refractivity contribution in [2.45, 2.75) is 0 Å². The molecule has 2 aromatic carbocycles. The highest BCUT2D eigenvalue weighted by molar-refractivity contribution is 6.15. The van der Waals surface area contributed by atoms with E-state index in [2.05, 4.69) is 4.99 Å². The fraction of sp³-hybridized carbons (Fsp3) is 0.0435. The number of ether oxygens (including phenoxy) is 4. The van der Waals surface area contributed by atoms with Gasteiger partial charge in [0, 0.05) is 16.7 Å². The fourth-order valence-corrected chi connectivity index (χ4v) is 3.50. The van der Waals surface area contributed by atoms with E-state index < -0.39 is 5.97 Å². The number of benzene rings is 2. The summed E-state index contributed by atoms with van der Waals surface area (Å²) in [5.41, 5.74) is 2.33. The minimum atomic E-state index is -0.547. The van der Waals surface area contributed by atoms with E-state index in [-0.39, 0.29) is 18.4 Å². The molecule has 0 saturated heterocycles. The molecule has 3 aliphatic heterocycles. The second kappa shape index (κ2) is 6.38. The van der Waals surface area contributed by atoms with Crippen molar-refractivity contribution in [3.05, 3.63) is 89.5 Å². The van der Waals surface area contributed by atoms with Crippen LogP contribution in [0, 0.1) is 0 Å². The quantitative estimate of drug-likeness (QED) is 0.476. The lowest BCUT2D eigenvalue weighted by Crippen LogP contribution is -2.08. The summed E-state index contributed by atoms with van der Waals surface area (Å²) in [7, 11) is 0. The largest absolute Gasteiger partial charge is 0.459 e. The highest BCUT2D eigenvalue weighted by atomic mass is 16.7. The number of cyclic esters (lactones) is 1. The number of fused-ring (bicyclic) bond motifs is 2. The van der Waals surface area contributed by atoms with Crippen molar-refractivity contribution in [3.63, 3.8) is 0 Å². The zero-order chi connectivity index (χ0) is 20.1. The Kier molecular flexibility index (Phi) is 3.55. The molecule has 0 spiro atoms. The van der Waals surface area contributed by atoms with Crippen molar-refractivity contribution in [1.82, 2.24) is 0 Å². The third kappa shape index (κ3) is 2.60. The Labute approximate surface area is 170 Å². The Balaban J connectivity index is 1.51. The van der Waals surface area contributed by atoms with Gasteiger partial charge in [-0.1, -0.05) is 18.2 Å². The van der Waals surface area contributed by atoms with Gasteiger partial charge in [-0.25, -0.2) is 9.79 Å². The third-order valence-electron chi connectivity index (χ3n) is 4.91. The number of furan rings is 1. The molecule has 7 heteroatoms. The van der Waals surface area contributed by atoms with E-state index in [1.165, 1.54) is 6.26 Å². The normalized spacial score (nSPS) is 19.0. The average molecular weight is 399 g/mol. The first-order valence-corrected chi connectivity index (χ1v) is 9.24. The molecule has 1 aromatic heterocycles. The van der Waals surface area contributed by atoms with Crippen LogP contribution in [0.1, 0.15) is 16.9 Å². The fourth-order valence-electron chi connectivity index (χ4n) is 3.50. The molecule has 0 N–H and O–H groups in total. The number of hydrogen-bond acceptors (Lipinski definition) is 7. The number of allylic oxidation sites excluding steroid dienone is 2. The Morgan fingerprint density at radius 2 is 1.77 bits per heavy atom. The van der Waals surface area contributed by atoms with Gasteiger partial charge in [0.15, 0.2) is 23.0 Å². The van der Waals surface area contributed by atoms with E-state index in [9.17, 15) is 4.79 Å². The Morgan fingerprint density at radius 3 is 2.67 bits per heavy atom. The molecule has 30 heavy (non-hydrogen) atoms. The number of aliphatic imine (C=N–C) groups is 1. The van der Waals surface area contributed by atoms with Gasteiger partial charge >= 0.3 is 5.97 Å². The summed E-state index contributed by atoms with van der Waals surface area (Å²) in [6, 6.07) is 16.4. The van der Waals surface area contributed by atoms with E-state index in [0.29, 0.717) is 34.3 Å². The highest BCUT2D eigenvalue weighted by Crippen LogP contribution is 2.42. The van der Waals surface area contributed by atoms with Gasteiger partial charge < -0.3 is 23.4 Å². The molecule has 0 unspecified atom stereocenters. The summed E-state index contributed by atoms with van der Waals surface area (Å²) in [4.78, 5) is 17.0. The van der Waals surface area contributed by atoms with E-state index in [1.807, 2.05) is 42.5 Å². The van der Waals surface area contributed by atoms with Crippen LogP contribution < -0.4 is 14.2 Å². The van der Waals surface area contributed by atoms with Gasteiger partial charge in [-0.3, -0.25) is 0 Å². The van der Waals surface area contributed by atoms with Crippen LogP contribution in [0.4, 0.5) is 0 Å². The molecule has 0 aliphatic carbocycles. The third-order valence-corrected chi connectivity index (χ3v) is 4.91. The molecule has 0 bridgehead atoms. The maximum Gasteiger partial charge on any atom is 0.364 e. The Bertz CT molecular complexity index is 1280. The maximum atomic E-state index is 12.6. The van der Waals surface area contributed by atoms with Crippen molar-refractivity contribution in [2.24, 2.45) is 4.99 Å². The van der Waals surface area contributed by atoms with Crippen molar-refractivity contribution < 1.29 is 28.2 Å². The van der Waals surface area contributed by atoms with Crippen molar-refractivity contribution in [2.75, 3.05) is 6.79 Å². The molecule has 4 heterocycles. The van der Waals surface area contributed by atoms with E-state index in [1.54, 1.807) is 18.2 Å². The number of esters is 1. The topological polar surface area (TPSA) is 79.5 Å². The van der Waals surface area contributed by atoms with Crippen LogP contribution in [-0.4, -0.2) is 18.7 Å². The summed E-state index contributed by atoms with van der Waals surface area (Å²) in [5.74, 6) is 2.47. The van der Waals surface area contributed by atoms with Crippen LogP contribution in [0.5, 0.6) is 17.2 Å². The number of hydrogen-bond donors (Lipinski definition) is 0. The van der Waals surface area contributed by atoms with Crippen LogP contribution in [0.2, 0.25) is 0 Å². The maximum absolute atomic E-state index is 12.6. The number of carbonyl (C=O) groups excluding carboxylic acids is 1. The summed E-state index contributed by atoms with van der Waals surface area (Å²) >= 11 is 0. The second-order valence-corrected chi connectivity index (χ2v) is 6.72. The van der Waals surface area contributed by atoms with Gasteiger partial charge in [-0.15, -0.1) is 0 Å². The van der Waals surface area contributed by atoms with E-state index >= 15 is 0 Å². The Hall–Kier alpha value is -4.26. The summed E-state index contributed by atoms with van der Waals surface area (Å²) in [5, 5.41) is 0. The molecule has 146 valence electrons. The van der Waals surface area contributed by atoms with E-state index in [4.69, 9.17) is 23.4 Å².